The van der Waals surface area contributed by atoms with Gasteiger partial charge in [-0.2, -0.15) is 0 Å². The van der Waals surface area contributed by atoms with E-state index in [9.17, 15) is 9.59 Å². The SMILES string of the molecule is CC[C@H](C(N)=O)N1CCN(C(=O)NC(C)C)CC1. The van der Waals surface area contributed by atoms with Crippen LogP contribution in [0.25, 0.3) is 0 Å². The van der Waals surface area contributed by atoms with Crippen molar-refractivity contribution < 1.29 is 9.59 Å². The van der Waals surface area contributed by atoms with E-state index in [1.165, 1.54) is 0 Å². The Hall–Kier alpha value is -1.30. The summed E-state index contributed by atoms with van der Waals surface area (Å²) in [5.41, 5.74) is 5.36. The number of hydrogen-bond donors (Lipinski definition) is 2. The average Bonchev–Trinajstić information content (AvgIpc) is 2.29. The molecular weight excluding hydrogens is 232 g/mol. The molecule has 1 aliphatic heterocycles. The smallest absolute Gasteiger partial charge is 0.317 e. The lowest BCUT2D eigenvalue weighted by atomic mass is 10.1. The van der Waals surface area contributed by atoms with Crippen molar-refractivity contribution in [2.75, 3.05) is 26.2 Å². The summed E-state index contributed by atoms with van der Waals surface area (Å²) in [5, 5.41) is 2.87. The fourth-order valence-corrected chi connectivity index (χ4v) is 2.21. The van der Waals surface area contributed by atoms with E-state index in [1.807, 2.05) is 20.8 Å². The van der Waals surface area contributed by atoms with Crippen molar-refractivity contribution >= 4 is 11.9 Å². The highest BCUT2D eigenvalue weighted by atomic mass is 16.2. The summed E-state index contributed by atoms with van der Waals surface area (Å²) in [6.45, 7) is 8.51. The first-order valence-corrected chi connectivity index (χ1v) is 6.54. The predicted octanol–water partition coefficient (Wildman–Crippen LogP) is -0.0141. The second kappa shape index (κ2) is 6.58. The van der Waals surface area contributed by atoms with E-state index in [4.69, 9.17) is 5.73 Å². The lowest BCUT2D eigenvalue weighted by molar-refractivity contribution is -0.123. The standard InChI is InChI=1S/C12H24N4O2/c1-4-10(11(13)17)15-5-7-16(8-6-15)12(18)14-9(2)3/h9-10H,4-8H2,1-3H3,(H2,13,17)(H,14,18)/t10-/m1/s1. The van der Waals surface area contributed by atoms with Crippen LogP contribution in [-0.4, -0.2) is 60.0 Å². The highest BCUT2D eigenvalue weighted by molar-refractivity contribution is 5.80. The third-order valence-electron chi connectivity index (χ3n) is 3.17. The Morgan fingerprint density at radius 3 is 2.17 bits per heavy atom. The van der Waals surface area contributed by atoms with E-state index < -0.39 is 0 Å². The first-order chi connectivity index (χ1) is 8.45. The molecule has 0 saturated carbocycles. The fraction of sp³-hybridized carbons (Fsp3) is 0.833. The molecule has 6 nitrogen and oxygen atoms in total. The van der Waals surface area contributed by atoms with Gasteiger partial charge in [0.05, 0.1) is 6.04 Å². The topological polar surface area (TPSA) is 78.7 Å². The number of carbonyl (C=O) groups is 2. The zero-order chi connectivity index (χ0) is 13.7. The first-order valence-electron chi connectivity index (χ1n) is 6.54. The van der Waals surface area contributed by atoms with Crippen molar-refractivity contribution in [2.45, 2.75) is 39.3 Å². The van der Waals surface area contributed by atoms with E-state index in [1.54, 1.807) is 4.90 Å². The van der Waals surface area contributed by atoms with Crippen molar-refractivity contribution in [3.8, 4) is 0 Å². The summed E-state index contributed by atoms with van der Waals surface area (Å²) in [7, 11) is 0. The molecule has 3 amide bonds. The molecule has 0 spiro atoms. The largest absolute Gasteiger partial charge is 0.368 e. The second-order valence-electron chi connectivity index (χ2n) is 4.95. The van der Waals surface area contributed by atoms with Crippen LogP contribution in [0.15, 0.2) is 0 Å². The van der Waals surface area contributed by atoms with Gasteiger partial charge in [-0.25, -0.2) is 4.79 Å². The third kappa shape index (κ3) is 3.87. The molecule has 0 bridgehead atoms. The zero-order valence-corrected chi connectivity index (χ0v) is 11.5. The number of carbonyl (C=O) groups excluding carboxylic acids is 2. The summed E-state index contributed by atoms with van der Waals surface area (Å²) in [6, 6.07) is -0.0957. The Kier molecular flexibility index (Phi) is 5.40. The summed E-state index contributed by atoms with van der Waals surface area (Å²) >= 11 is 0. The van der Waals surface area contributed by atoms with Crippen LogP contribution in [-0.2, 0) is 4.79 Å². The number of amides is 3. The van der Waals surface area contributed by atoms with Crippen LogP contribution in [0.3, 0.4) is 0 Å². The molecule has 3 N–H and O–H groups in total. The molecule has 1 heterocycles. The molecule has 104 valence electrons. The quantitative estimate of drug-likeness (QED) is 0.742. The lowest BCUT2D eigenvalue weighted by Gasteiger charge is -2.38. The van der Waals surface area contributed by atoms with E-state index in [-0.39, 0.29) is 24.0 Å². The molecule has 0 aromatic heterocycles. The average molecular weight is 256 g/mol. The third-order valence-corrected chi connectivity index (χ3v) is 3.17. The maximum atomic E-state index is 11.8. The highest BCUT2D eigenvalue weighted by Crippen LogP contribution is 2.09. The normalized spacial score (nSPS) is 18.8. The summed E-state index contributed by atoms with van der Waals surface area (Å²) < 4.78 is 0. The number of primary amides is 1. The van der Waals surface area contributed by atoms with E-state index in [0.29, 0.717) is 32.6 Å². The number of nitrogens with two attached hydrogens (primary N) is 1. The van der Waals surface area contributed by atoms with Crippen molar-refractivity contribution in [3.63, 3.8) is 0 Å². The number of nitrogens with zero attached hydrogens (tertiary/aromatic N) is 2. The predicted molar refractivity (Wildman–Crippen MR) is 70.1 cm³/mol. The van der Waals surface area contributed by atoms with Gasteiger partial charge in [-0.3, -0.25) is 9.69 Å². The lowest BCUT2D eigenvalue weighted by Crippen LogP contribution is -2.57. The Morgan fingerprint density at radius 1 is 1.22 bits per heavy atom. The van der Waals surface area contributed by atoms with Crippen molar-refractivity contribution in [1.29, 1.82) is 0 Å². The molecule has 1 atom stereocenters. The first kappa shape index (κ1) is 14.8. The molecule has 6 heteroatoms. The van der Waals surface area contributed by atoms with Gasteiger partial charge in [0, 0.05) is 32.2 Å². The molecule has 1 saturated heterocycles. The van der Waals surface area contributed by atoms with Gasteiger partial charge in [-0.15, -0.1) is 0 Å². The monoisotopic (exact) mass is 256 g/mol. The van der Waals surface area contributed by atoms with Crippen LogP contribution < -0.4 is 11.1 Å². The van der Waals surface area contributed by atoms with Crippen LogP contribution in [0.1, 0.15) is 27.2 Å². The Morgan fingerprint density at radius 2 is 1.78 bits per heavy atom. The van der Waals surface area contributed by atoms with Gasteiger partial charge in [0.25, 0.3) is 0 Å². The van der Waals surface area contributed by atoms with E-state index in [2.05, 4.69) is 10.2 Å². The molecule has 0 radical (unpaired) electrons. The number of hydrogen-bond acceptors (Lipinski definition) is 3. The Labute approximate surface area is 108 Å². The minimum atomic E-state index is -0.280. The second-order valence-corrected chi connectivity index (χ2v) is 4.95. The van der Waals surface area contributed by atoms with Gasteiger partial charge in [-0.1, -0.05) is 6.92 Å². The van der Waals surface area contributed by atoms with Gasteiger partial charge in [0.15, 0.2) is 0 Å². The Bertz CT molecular complexity index is 298. The molecule has 0 aromatic carbocycles. The van der Waals surface area contributed by atoms with E-state index in [0.717, 1.165) is 0 Å². The highest BCUT2D eigenvalue weighted by Gasteiger charge is 2.27. The van der Waals surface area contributed by atoms with Crippen LogP contribution in [0.2, 0.25) is 0 Å². The van der Waals surface area contributed by atoms with Gasteiger partial charge in [0.1, 0.15) is 0 Å². The van der Waals surface area contributed by atoms with Gasteiger partial charge in [0.2, 0.25) is 5.91 Å². The van der Waals surface area contributed by atoms with Crippen LogP contribution in [0, 0.1) is 0 Å². The van der Waals surface area contributed by atoms with Gasteiger partial charge in [-0.05, 0) is 20.3 Å². The van der Waals surface area contributed by atoms with Crippen molar-refractivity contribution in [2.24, 2.45) is 5.73 Å². The molecular formula is C12H24N4O2. The van der Waals surface area contributed by atoms with Crippen molar-refractivity contribution in [3.05, 3.63) is 0 Å². The number of urea groups is 1. The van der Waals surface area contributed by atoms with E-state index >= 15 is 0 Å². The van der Waals surface area contributed by atoms with Crippen molar-refractivity contribution in [1.82, 2.24) is 15.1 Å². The molecule has 0 aromatic rings. The number of rotatable bonds is 4. The van der Waals surface area contributed by atoms with Gasteiger partial charge >= 0.3 is 6.03 Å². The fourth-order valence-electron chi connectivity index (χ4n) is 2.21. The van der Waals surface area contributed by atoms with Crippen LogP contribution in [0.5, 0.6) is 0 Å². The number of nitrogens with one attached hydrogen (secondary N) is 1. The summed E-state index contributed by atoms with van der Waals surface area (Å²) in [5.74, 6) is -0.280. The van der Waals surface area contributed by atoms with Crippen LogP contribution in [0.4, 0.5) is 4.79 Å². The zero-order valence-electron chi connectivity index (χ0n) is 11.5. The van der Waals surface area contributed by atoms with Crippen LogP contribution >= 0.6 is 0 Å². The molecule has 1 fully saturated rings. The number of piperazine rings is 1. The minimum Gasteiger partial charge on any atom is -0.368 e. The maximum Gasteiger partial charge on any atom is 0.317 e. The molecule has 1 rings (SSSR count). The van der Waals surface area contributed by atoms with Gasteiger partial charge < -0.3 is 16.0 Å². The summed E-state index contributed by atoms with van der Waals surface area (Å²) in [6.07, 6.45) is 0.716. The maximum absolute atomic E-state index is 11.8. The summed E-state index contributed by atoms with van der Waals surface area (Å²) in [4.78, 5) is 26.9. The minimum absolute atomic E-state index is 0.0308. The molecule has 18 heavy (non-hydrogen) atoms. The molecule has 0 unspecified atom stereocenters. The molecule has 0 aliphatic carbocycles. The Balaban J connectivity index is 2.45. The molecule has 1 aliphatic rings.